The topological polar surface area (TPSA) is 48.0 Å². The van der Waals surface area contributed by atoms with Crippen molar-refractivity contribution in [3.63, 3.8) is 0 Å². The third-order valence-corrected chi connectivity index (χ3v) is 5.77. The highest BCUT2D eigenvalue weighted by Crippen LogP contribution is 2.36. The van der Waals surface area contributed by atoms with E-state index in [1.54, 1.807) is 0 Å². The van der Waals surface area contributed by atoms with E-state index in [4.69, 9.17) is 14.0 Å². The molecule has 0 aromatic heterocycles. The van der Waals surface area contributed by atoms with Gasteiger partial charge in [0.05, 0.1) is 11.2 Å². The quantitative estimate of drug-likeness (QED) is 0.705. The van der Waals surface area contributed by atoms with Gasteiger partial charge in [-0.3, -0.25) is 0 Å². The second-order valence-corrected chi connectivity index (χ2v) is 9.78. The van der Waals surface area contributed by atoms with Crippen molar-refractivity contribution in [2.45, 2.75) is 91.2 Å². The number of carbonyl (C=O) groups is 1. The maximum atomic E-state index is 12.6. The van der Waals surface area contributed by atoms with Crippen molar-refractivity contribution in [2.24, 2.45) is 0 Å². The predicted molar refractivity (Wildman–Crippen MR) is 107 cm³/mol. The highest BCUT2D eigenvalue weighted by molar-refractivity contribution is 6.62. The smallest absolute Gasteiger partial charge is 0.444 e. The van der Waals surface area contributed by atoms with Crippen molar-refractivity contribution in [1.29, 1.82) is 0 Å². The first kappa shape index (κ1) is 20.2. The van der Waals surface area contributed by atoms with Gasteiger partial charge in [-0.25, -0.2) is 4.79 Å². The monoisotopic (exact) mass is 373 g/mol. The summed E-state index contributed by atoms with van der Waals surface area (Å²) >= 11 is 0. The summed E-state index contributed by atoms with van der Waals surface area (Å²) in [5.74, 6) is 0. The van der Waals surface area contributed by atoms with Gasteiger partial charge < -0.3 is 18.9 Å². The zero-order chi connectivity index (χ0) is 20.2. The highest BCUT2D eigenvalue weighted by atomic mass is 16.7. The minimum Gasteiger partial charge on any atom is -0.444 e. The number of ether oxygens (including phenoxy) is 1. The summed E-state index contributed by atoms with van der Waals surface area (Å²) in [5, 5.41) is 0. The molecule has 1 fully saturated rings. The lowest BCUT2D eigenvalue weighted by Crippen LogP contribution is -2.45. The summed E-state index contributed by atoms with van der Waals surface area (Å²) in [6.07, 6.45) is 0.555. The van der Waals surface area contributed by atoms with Gasteiger partial charge in [0.15, 0.2) is 0 Å². The Kier molecular flexibility index (Phi) is 4.88. The zero-order valence-corrected chi connectivity index (χ0v) is 17.9. The highest BCUT2D eigenvalue weighted by Gasteiger charge is 2.51. The normalized spacial score (nSPS) is 23.9. The first-order valence-corrected chi connectivity index (χ1v) is 9.76. The standard InChI is InChI=1S/C21H32BNO4/c1-14-11-15-9-10-17(22-26-20(5,6)21(7,8)27-22)12-16(15)13-23(14)18(24)25-19(2,3)4/h9-10,12,14H,11,13H2,1-8H3/t14-/m1/s1. The summed E-state index contributed by atoms with van der Waals surface area (Å²) in [5.41, 5.74) is 2.15. The minimum absolute atomic E-state index is 0.107. The molecule has 0 N–H and O–H groups in total. The first-order valence-electron chi connectivity index (χ1n) is 9.76. The van der Waals surface area contributed by atoms with Crippen LogP contribution in [-0.2, 0) is 27.0 Å². The maximum Gasteiger partial charge on any atom is 0.494 e. The van der Waals surface area contributed by atoms with Crippen LogP contribution in [0.5, 0.6) is 0 Å². The average molecular weight is 373 g/mol. The van der Waals surface area contributed by atoms with E-state index in [1.165, 1.54) is 5.56 Å². The number of benzene rings is 1. The Bertz CT molecular complexity index is 722. The maximum absolute atomic E-state index is 12.6. The fourth-order valence-corrected chi connectivity index (χ4v) is 3.45. The molecule has 0 saturated carbocycles. The molecule has 1 atom stereocenters. The van der Waals surface area contributed by atoms with E-state index in [1.807, 2.05) is 25.7 Å². The van der Waals surface area contributed by atoms with Crippen LogP contribution < -0.4 is 5.46 Å². The van der Waals surface area contributed by atoms with E-state index >= 15 is 0 Å². The molecule has 0 aliphatic carbocycles. The predicted octanol–water partition coefficient (Wildman–Crippen LogP) is 3.67. The van der Waals surface area contributed by atoms with Crippen molar-refractivity contribution >= 4 is 18.7 Å². The molecule has 2 aliphatic rings. The molecule has 3 rings (SSSR count). The van der Waals surface area contributed by atoms with Crippen LogP contribution in [0.15, 0.2) is 18.2 Å². The summed E-state index contributed by atoms with van der Waals surface area (Å²) in [6.45, 7) is 16.5. The molecule has 1 aromatic carbocycles. The molecule has 0 radical (unpaired) electrons. The summed E-state index contributed by atoms with van der Waals surface area (Å²) in [7, 11) is -0.394. The largest absolute Gasteiger partial charge is 0.494 e. The van der Waals surface area contributed by atoms with E-state index in [2.05, 4.69) is 52.8 Å². The first-order chi connectivity index (χ1) is 12.3. The van der Waals surface area contributed by atoms with Gasteiger partial charge in [0, 0.05) is 12.6 Å². The second-order valence-electron chi connectivity index (χ2n) is 9.78. The molecule has 6 heteroatoms. The molecule has 5 nitrogen and oxygen atoms in total. The van der Waals surface area contributed by atoms with Gasteiger partial charge in [-0.15, -0.1) is 0 Å². The van der Waals surface area contributed by atoms with Crippen molar-refractivity contribution in [3.8, 4) is 0 Å². The van der Waals surface area contributed by atoms with E-state index in [-0.39, 0.29) is 23.3 Å². The van der Waals surface area contributed by atoms with Crippen LogP contribution in [0.3, 0.4) is 0 Å². The number of carbonyl (C=O) groups excluding carboxylic acids is 1. The fraction of sp³-hybridized carbons (Fsp3) is 0.667. The summed E-state index contributed by atoms with van der Waals surface area (Å²) in [6, 6.07) is 6.44. The van der Waals surface area contributed by atoms with Crippen molar-refractivity contribution in [3.05, 3.63) is 29.3 Å². The number of hydrogen-bond donors (Lipinski definition) is 0. The number of amides is 1. The molecule has 2 aliphatic heterocycles. The molecule has 148 valence electrons. The van der Waals surface area contributed by atoms with Crippen LogP contribution in [0, 0.1) is 0 Å². The van der Waals surface area contributed by atoms with Crippen LogP contribution in [0.25, 0.3) is 0 Å². The Morgan fingerprint density at radius 2 is 1.74 bits per heavy atom. The van der Waals surface area contributed by atoms with Gasteiger partial charge in [0.2, 0.25) is 0 Å². The summed E-state index contributed by atoms with van der Waals surface area (Å²) < 4.78 is 17.9. The average Bonchev–Trinajstić information content (AvgIpc) is 2.72. The third kappa shape index (κ3) is 4.02. The Morgan fingerprint density at radius 3 is 2.30 bits per heavy atom. The summed E-state index contributed by atoms with van der Waals surface area (Å²) in [4.78, 5) is 14.4. The number of rotatable bonds is 1. The van der Waals surface area contributed by atoms with E-state index < -0.39 is 12.7 Å². The van der Waals surface area contributed by atoms with E-state index in [0.29, 0.717) is 6.54 Å². The molecular weight excluding hydrogens is 341 g/mol. The lowest BCUT2D eigenvalue weighted by atomic mass is 9.76. The molecule has 0 bridgehead atoms. The van der Waals surface area contributed by atoms with Gasteiger partial charge in [0.25, 0.3) is 0 Å². The van der Waals surface area contributed by atoms with Crippen molar-refractivity contribution in [1.82, 2.24) is 4.90 Å². The van der Waals surface area contributed by atoms with E-state index in [9.17, 15) is 4.79 Å². The van der Waals surface area contributed by atoms with Gasteiger partial charge in [0.1, 0.15) is 5.60 Å². The number of nitrogens with zero attached hydrogens (tertiary/aromatic N) is 1. The van der Waals surface area contributed by atoms with Gasteiger partial charge in [-0.05, 0) is 78.4 Å². The number of fused-ring (bicyclic) bond motifs is 1. The molecular formula is C21H32BNO4. The van der Waals surface area contributed by atoms with Crippen molar-refractivity contribution < 1.29 is 18.8 Å². The van der Waals surface area contributed by atoms with Gasteiger partial charge in [-0.2, -0.15) is 0 Å². The Hall–Kier alpha value is -1.53. The van der Waals surface area contributed by atoms with Crippen LogP contribution >= 0.6 is 0 Å². The van der Waals surface area contributed by atoms with Crippen LogP contribution in [0.1, 0.15) is 66.5 Å². The fourth-order valence-electron chi connectivity index (χ4n) is 3.45. The zero-order valence-electron chi connectivity index (χ0n) is 17.9. The molecule has 0 spiro atoms. The second kappa shape index (κ2) is 6.52. The lowest BCUT2D eigenvalue weighted by Gasteiger charge is -2.36. The van der Waals surface area contributed by atoms with Crippen LogP contribution in [0.2, 0.25) is 0 Å². The van der Waals surface area contributed by atoms with Gasteiger partial charge >= 0.3 is 13.2 Å². The molecule has 1 amide bonds. The Balaban J connectivity index is 1.82. The van der Waals surface area contributed by atoms with E-state index in [0.717, 1.165) is 17.4 Å². The molecule has 1 saturated heterocycles. The van der Waals surface area contributed by atoms with Gasteiger partial charge in [-0.1, -0.05) is 18.2 Å². The number of hydrogen-bond acceptors (Lipinski definition) is 4. The third-order valence-electron chi connectivity index (χ3n) is 5.77. The molecule has 1 aromatic rings. The van der Waals surface area contributed by atoms with Crippen LogP contribution in [-0.4, -0.2) is 41.0 Å². The lowest BCUT2D eigenvalue weighted by molar-refractivity contribution is 0.00578. The Labute approximate surface area is 163 Å². The molecule has 27 heavy (non-hydrogen) atoms. The Morgan fingerprint density at radius 1 is 1.15 bits per heavy atom. The SMILES string of the molecule is C[C@@H]1Cc2ccc(B3OC(C)(C)C(C)(C)O3)cc2CN1C(=O)OC(C)(C)C. The molecule has 0 unspecified atom stereocenters. The van der Waals surface area contributed by atoms with Crippen molar-refractivity contribution in [2.75, 3.05) is 0 Å². The molecule has 2 heterocycles. The van der Waals surface area contributed by atoms with Crippen LogP contribution in [0.4, 0.5) is 4.79 Å². The minimum atomic E-state index is -0.498.